The van der Waals surface area contributed by atoms with Gasteiger partial charge in [0.2, 0.25) is 0 Å². The molecule has 1 aromatic rings. The summed E-state index contributed by atoms with van der Waals surface area (Å²) in [7, 11) is 1.34. The molecule has 0 bridgehead atoms. The maximum Gasteiger partial charge on any atom is 0.338 e. The van der Waals surface area contributed by atoms with Crippen LogP contribution in [0, 0.1) is 0 Å². The van der Waals surface area contributed by atoms with E-state index < -0.39 is 6.04 Å². The van der Waals surface area contributed by atoms with Crippen LogP contribution in [0.15, 0.2) is 24.3 Å². The van der Waals surface area contributed by atoms with Crippen molar-refractivity contribution in [3.63, 3.8) is 0 Å². The summed E-state index contributed by atoms with van der Waals surface area (Å²) in [6, 6.07) is 6.27. The zero-order chi connectivity index (χ0) is 13.5. The highest BCUT2D eigenvalue weighted by Gasteiger charge is 2.12. The number of rotatable bonds is 5. The molecule has 0 fully saturated rings. The zero-order valence-corrected chi connectivity index (χ0v) is 10.7. The first-order chi connectivity index (χ1) is 8.58. The minimum atomic E-state index is -0.441. The lowest BCUT2D eigenvalue weighted by Gasteiger charge is -2.13. The van der Waals surface area contributed by atoms with Crippen LogP contribution in [-0.4, -0.2) is 31.7 Å². The average Bonchev–Trinajstić information content (AvgIpc) is 2.38. The molecule has 0 heterocycles. The van der Waals surface area contributed by atoms with E-state index in [-0.39, 0.29) is 11.9 Å². The minimum absolute atomic E-state index is 0.343. The number of carbonyl (C=O) groups is 2. The summed E-state index contributed by atoms with van der Waals surface area (Å²) < 4.78 is 9.47. The highest BCUT2D eigenvalue weighted by molar-refractivity contribution is 5.90. The third-order valence-corrected chi connectivity index (χ3v) is 2.33. The van der Waals surface area contributed by atoms with Crippen molar-refractivity contribution in [2.45, 2.75) is 19.9 Å². The van der Waals surface area contributed by atoms with E-state index in [0.29, 0.717) is 12.2 Å². The number of methoxy groups -OCH3 is 1. The predicted molar refractivity (Wildman–Crippen MR) is 67.5 cm³/mol. The van der Waals surface area contributed by atoms with Crippen molar-refractivity contribution in [3.8, 4) is 0 Å². The maximum atomic E-state index is 11.4. The zero-order valence-electron chi connectivity index (χ0n) is 10.7. The number of ether oxygens (including phenoxy) is 2. The molecule has 1 atom stereocenters. The first-order valence-corrected chi connectivity index (χ1v) is 5.70. The van der Waals surface area contributed by atoms with E-state index in [1.165, 1.54) is 7.11 Å². The Morgan fingerprint density at radius 2 is 1.89 bits per heavy atom. The van der Waals surface area contributed by atoms with Crippen LogP contribution < -0.4 is 5.32 Å². The van der Waals surface area contributed by atoms with E-state index in [1.807, 2.05) is 0 Å². The molecule has 1 rings (SSSR count). The summed E-state index contributed by atoms with van der Waals surface area (Å²) in [5.74, 6) is -0.700. The molecule has 5 nitrogen and oxygen atoms in total. The third-order valence-electron chi connectivity index (χ3n) is 2.33. The smallest absolute Gasteiger partial charge is 0.338 e. The molecule has 0 aromatic heterocycles. The van der Waals surface area contributed by atoms with E-state index in [0.717, 1.165) is 5.69 Å². The normalized spacial score (nSPS) is 11.5. The Morgan fingerprint density at radius 3 is 2.39 bits per heavy atom. The van der Waals surface area contributed by atoms with E-state index in [4.69, 9.17) is 4.74 Å². The Balaban J connectivity index is 2.65. The summed E-state index contributed by atoms with van der Waals surface area (Å²) in [5.41, 5.74) is 1.22. The second kappa shape index (κ2) is 6.64. The van der Waals surface area contributed by atoms with Gasteiger partial charge in [-0.25, -0.2) is 9.59 Å². The van der Waals surface area contributed by atoms with Gasteiger partial charge >= 0.3 is 11.9 Å². The van der Waals surface area contributed by atoms with Crippen LogP contribution in [0.3, 0.4) is 0 Å². The molecule has 0 spiro atoms. The molecule has 1 unspecified atom stereocenters. The molecule has 0 aliphatic heterocycles. The van der Waals surface area contributed by atoms with Crippen LogP contribution in [0.2, 0.25) is 0 Å². The van der Waals surface area contributed by atoms with Gasteiger partial charge in [0.15, 0.2) is 0 Å². The molecule has 18 heavy (non-hydrogen) atoms. The van der Waals surface area contributed by atoms with Crippen molar-refractivity contribution in [2.24, 2.45) is 0 Å². The largest absolute Gasteiger partial charge is 0.467 e. The number of esters is 2. The predicted octanol–water partition coefficient (Wildman–Crippen LogP) is 1.84. The number of hydrogen-bond acceptors (Lipinski definition) is 5. The summed E-state index contributed by atoms with van der Waals surface area (Å²) in [6.07, 6.45) is 0. The number of anilines is 1. The van der Waals surface area contributed by atoms with Gasteiger partial charge in [-0.05, 0) is 38.1 Å². The van der Waals surface area contributed by atoms with Gasteiger partial charge in [0.1, 0.15) is 6.04 Å². The minimum Gasteiger partial charge on any atom is -0.467 e. The Labute approximate surface area is 106 Å². The quantitative estimate of drug-likeness (QED) is 0.809. The SMILES string of the molecule is CCOC(=O)c1ccc(NC(C)C(=O)OC)cc1. The molecular weight excluding hydrogens is 234 g/mol. The molecule has 0 saturated heterocycles. The van der Waals surface area contributed by atoms with E-state index in [2.05, 4.69) is 10.1 Å². The van der Waals surface area contributed by atoms with Gasteiger partial charge in [-0.1, -0.05) is 0 Å². The molecule has 0 aliphatic rings. The number of carbonyl (C=O) groups excluding carboxylic acids is 2. The third kappa shape index (κ3) is 3.76. The molecule has 1 aromatic carbocycles. The number of nitrogens with one attached hydrogen (secondary N) is 1. The van der Waals surface area contributed by atoms with Gasteiger partial charge in [0, 0.05) is 5.69 Å². The Kier molecular flexibility index (Phi) is 5.17. The highest BCUT2D eigenvalue weighted by Crippen LogP contribution is 2.12. The standard InChI is InChI=1S/C13H17NO4/c1-4-18-13(16)10-5-7-11(8-6-10)14-9(2)12(15)17-3/h5-9,14H,4H2,1-3H3. The van der Waals surface area contributed by atoms with E-state index in [9.17, 15) is 9.59 Å². The number of hydrogen-bond donors (Lipinski definition) is 1. The van der Waals surface area contributed by atoms with Crippen molar-refractivity contribution in [1.82, 2.24) is 0 Å². The van der Waals surface area contributed by atoms with Crippen molar-refractivity contribution >= 4 is 17.6 Å². The molecule has 1 N–H and O–H groups in total. The second-order valence-corrected chi connectivity index (χ2v) is 3.69. The van der Waals surface area contributed by atoms with Crippen LogP contribution in [0.25, 0.3) is 0 Å². The molecule has 5 heteroatoms. The highest BCUT2D eigenvalue weighted by atomic mass is 16.5. The average molecular weight is 251 g/mol. The van der Waals surface area contributed by atoms with Crippen molar-refractivity contribution in [3.05, 3.63) is 29.8 Å². The monoisotopic (exact) mass is 251 g/mol. The van der Waals surface area contributed by atoms with Gasteiger partial charge in [-0.3, -0.25) is 0 Å². The van der Waals surface area contributed by atoms with Gasteiger partial charge in [0.25, 0.3) is 0 Å². The fourth-order valence-corrected chi connectivity index (χ4v) is 1.40. The van der Waals surface area contributed by atoms with Gasteiger partial charge < -0.3 is 14.8 Å². The lowest BCUT2D eigenvalue weighted by Crippen LogP contribution is -2.27. The fraction of sp³-hybridized carbons (Fsp3) is 0.385. The molecule has 0 saturated carbocycles. The van der Waals surface area contributed by atoms with Crippen LogP contribution in [-0.2, 0) is 14.3 Å². The molecule has 0 amide bonds. The van der Waals surface area contributed by atoms with Crippen LogP contribution in [0.5, 0.6) is 0 Å². The molecule has 0 radical (unpaired) electrons. The first-order valence-electron chi connectivity index (χ1n) is 5.70. The van der Waals surface area contributed by atoms with Gasteiger partial charge in [-0.2, -0.15) is 0 Å². The Hall–Kier alpha value is -2.04. The van der Waals surface area contributed by atoms with Crippen molar-refractivity contribution in [2.75, 3.05) is 19.0 Å². The van der Waals surface area contributed by atoms with Crippen molar-refractivity contribution in [1.29, 1.82) is 0 Å². The van der Waals surface area contributed by atoms with Crippen molar-refractivity contribution < 1.29 is 19.1 Å². The Morgan fingerprint density at radius 1 is 1.28 bits per heavy atom. The van der Waals surface area contributed by atoms with Gasteiger partial charge in [-0.15, -0.1) is 0 Å². The Bertz CT molecular complexity index is 414. The van der Waals surface area contributed by atoms with E-state index in [1.54, 1.807) is 38.1 Å². The summed E-state index contributed by atoms with van der Waals surface area (Å²) in [5, 5.41) is 2.96. The summed E-state index contributed by atoms with van der Waals surface area (Å²) in [6.45, 7) is 3.80. The van der Waals surface area contributed by atoms with Crippen LogP contribution in [0.4, 0.5) is 5.69 Å². The van der Waals surface area contributed by atoms with E-state index >= 15 is 0 Å². The molecule has 98 valence electrons. The molecule has 0 aliphatic carbocycles. The lowest BCUT2D eigenvalue weighted by atomic mass is 10.2. The topological polar surface area (TPSA) is 64.6 Å². The first kappa shape index (κ1) is 14.0. The van der Waals surface area contributed by atoms with Crippen LogP contribution >= 0.6 is 0 Å². The van der Waals surface area contributed by atoms with Crippen LogP contribution in [0.1, 0.15) is 24.2 Å². The summed E-state index contributed by atoms with van der Waals surface area (Å²) >= 11 is 0. The second-order valence-electron chi connectivity index (χ2n) is 3.69. The number of benzene rings is 1. The lowest BCUT2D eigenvalue weighted by molar-refractivity contribution is -0.141. The van der Waals surface area contributed by atoms with Gasteiger partial charge in [0.05, 0.1) is 19.3 Å². The molecular formula is C13H17NO4. The maximum absolute atomic E-state index is 11.4. The fourth-order valence-electron chi connectivity index (χ4n) is 1.40. The summed E-state index contributed by atoms with van der Waals surface area (Å²) in [4.78, 5) is 22.6.